The van der Waals surface area contributed by atoms with Gasteiger partial charge < -0.3 is 9.30 Å². The Bertz CT molecular complexity index is 613. The number of nitrogens with zero attached hydrogens (tertiary/aromatic N) is 2. The van der Waals surface area contributed by atoms with E-state index in [0.717, 1.165) is 30.8 Å². The summed E-state index contributed by atoms with van der Waals surface area (Å²) in [5, 5.41) is -0.157. The number of hydrogen-bond donors (Lipinski definition) is 0. The molecule has 21 heavy (non-hydrogen) atoms. The topological polar surface area (TPSA) is 27.1 Å². The zero-order valence-corrected chi connectivity index (χ0v) is 13.7. The van der Waals surface area contributed by atoms with Crippen LogP contribution in [0.15, 0.2) is 12.1 Å². The molecule has 0 bridgehead atoms. The molecule has 1 unspecified atom stereocenters. The molecule has 1 aromatic carbocycles. The summed E-state index contributed by atoms with van der Waals surface area (Å²) in [5.41, 5.74) is 1.38. The van der Waals surface area contributed by atoms with Crippen LogP contribution in [0, 0.1) is 5.82 Å². The number of imidazole rings is 1. The Balaban J connectivity index is 2.26. The molecule has 6 heteroatoms. The maximum absolute atomic E-state index is 13.5. The molecule has 0 fully saturated rings. The van der Waals surface area contributed by atoms with Crippen LogP contribution in [0.3, 0.4) is 0 Å². The lowest BCUT2D eigenvalue weighted by Crippen LogP contribution is -2.07. The quantitative estimate of drug-likeness (QED) is 0.530. The summed E-state index contributed by atoms with van der Waals surface area (Å²) >= 11 is 12.1. The molecule has 1 atom stereocenters. The molecular formula is C15H19Cl2FN2O. The van der Waals surface area contributed by atoms with Gasteiger partial charge in [0.05, 0.1) is 21.4 Å². The zero-order chi connectivity index (χ0) is 15.4. The second-order valence-corrected chi connectivity index (χ2v) is 6.02. The minimum atomic E-state index is -0.464. The monoisotopic (exact) mass is 332 g/mol. The first kappa shape index (κ1) is 16.5. The molecule has 0 saturated heterocycles. The summed E-state index contributed by atoms with van der Waals surface area (Å²) in [6.07, 6.45) is 1.85. The van der Waals surface area contributed by atoms with E-state index >= 15 is 0 Å². The maximum atomic E-state index is 13.5. The summed E-state index contributed by atoms with van der Waals surface area (Å²) in [4.78, 5) is 4.42. The highest BCUT2D eigenvalue weighted by molar-refractivity contribution is 6.31. The van der Waals surface area contributed by atoms with Gasteiger partial charge in [0, 0.05) is 25.8 Å². The fraction of sp³-hybridized carbons (Fsp3) is 0.533. The third-order valence-corrected chi connectivity index (χ3v) is 3.68. The molecule has 0 N–H and O–H groups in total. The molecule has 0 saturated carbocycles. The van der Waals surface area contributed by atoms with Crippen molar-refractivity contribution < 1.29 is 9.13 Å². The molecule has 0 radical (unpaired) electrons. The Morgan fingerprint density at radius 2 is 2.14 bits per heavy atom. The van der Waals surface area contributed by atoms with E-state index in [0.29, 0.717) is 18.7 Å². The lowest BCUT2D eigenvalue weighted by Gasteiger charge is -2.11. The molecule has 0 aliphatic carbocycles. The van der Waals surface area contributed by atoms with Crippen LogP contribution in [0.2, 0.25) is 5.02 Å². The third kappa shape index (κ3) is 3.87. The van der Waals surface area contributed by atoms with Gasteiger partial charge in [-0.1, -0.05) is 18.5 Å². The standard InChI is InChI=1S/C15H19Cl2FN2O/c1-3-6-21-7-4-5-20-14-8-11(17)12(18)9-13(14)19-15(20)10(2)16/h8-10H,3-7H2,1-2H3. The highest BCUT2D eigenvalue weighted by atomic mass is 35.5. The highest BCUT2D eigenvalue weighted by Gasteiger charge is 2.16. The highest BCUT2D eigenvalue weighted by Crippen LogP contribution is 2.28. The van der Waals surface area contributed by atoms with Gasteiger partial charge in [-0.15, -0.1) is 11.6 Å². The summed E-state index contributed by atoms with van der Waals surface area (Å²) in [6, 6.07) is 2.96. The summed E-state index contributed by atoms with van der Waals surface area (Å²) in [6.45, 7) is 6.09. The molecule has 2 rings (SSSR count). The number of halogens is 3. The second kappa shape index (κ2) is 7.43. The largest absolute Gasteiger partial charge is 0.381 e. The van der Waals surface area contributed by atoms with Crippen molar-refractivity contribution in [1.29, 1.82) is 0 Å². The number of fused-ring (bicyclic) bond motifs is 1. The maximum Gasteiger partial charge on any atom is 0.144 e. The van der Waals surface area contributed by atoms with Crippen LogP contribution >= 0.6 is 23.2 Å². The van der Waals surface area contributed by atoms with E-state index in [4.69, 9.17) is 27.9 Å². The van der Waals surface area contributed by atoms with Crippen molar-refractivity contribution in [2.75, 3.05) is 13.2 Å². The van der Waals surface area contributed by atoms with Gasteiger partial charge >= 0.3 is 0 Å². The van der Waals surface area contributed by atoms with Crippen LogP contribution in [0.5, 0.6) is 0 Å². The molecule has 1 heterocycles. The Labute approximate surface area is 134 Å². The normalized spacial score (nSPS) is 13.0. The van der Waals surface area contributed by atoms with Gasteiger partial charge in [0.1, 0.15) is 11.6 Å². The molecule has 3 nitrogen and oxygen atoms in total. The van der Waals surface area contributed by atoms with Gasteiger partial charge in [0.25, 0.3) is 0 Å². The van der Waals surface area contributed by atoms with Gasteiger partial charge in [0.15, 0.2) is 0 Å². The van der Waals surface area contributed by atoms with Gasteiger partial charge in [0.2, 0.25) is 0 Å². The predicted molar refractivity (Wildman–Crippen MR) is 84.7 cm³/mol. The van der Waals surface area contributed by atoms with Crippen molar-refractivity contribution in [2.24, 2.45) is 0 Å². The van der Waals surface area contributed by atoms with Gasteiger partial charge in [-0.25, -0.2) is 9.37 Å². The molecule has 1 aromatic heterocycles. The average molecular weight is 333 g/mol. The Kier molecular flexibility index (Phi) is 5.85. The molecule has 0 aliphatic heterocycles. The van der Waals surface area contributed by atoms with Crippen molar-refractivity contribution in [3.05, 3.63) is 28.8 Å². The number of hydrogen-bond acceptors (Lipinski definition) is 2. The molecular weight excluding hydrogens is 314 g/mol. The first-order valence-electron chi connectivity index (χ1n) is 7.11. The van der Waals surface area contributed by atoms with E-state index in [1.165, 1.54) is 6.07 Å². The summed E-state index contributed by atoms with van der Waals surface area (Å²) < 4.78 is 21.0. The predicted octanol–water partition coefficient (Wildman–Crippen LogP) is 4.95. The van der Waals surface area contributed by atoms with Crippen molar-refractivity contribution >= 4 is 34.2 Å². The van der Waals surface area contributed by atoms with E-state index in [1.54, 1.807) is 6.07 Å². The van der Waals surface area contributed by atoms with E-state index in [2.05, 4.69) is 11.9 Å². The van der Waals surface area contributed by atoms with Crippen LogP contribution in [0.25, 0.3) is 11.0 Å². The SMILES string of the molecule is CCCOCCCn1c(C(C)Cl)nc2cc(F)c(Cl)cc21. The van der Waals surface area contributed by atoms with Crippen molar-refractivity contribution in [3.63, 3.8) is 0 Å². The Morgan fingerprint density at radius 3 is 2.81 bits per heavy atom. The number of benzene rings is 1. The second-order valence-electron chi connectivity index (χ2n) is 4.96. The van der Waals surface area contributed by atoms with Gasteiger partial charge in [-0.05, 0) is 25.8 Å². The van der Waals surface area contributed by atoms with E-state index in [1.807, 2.05) is 11.5 Å². The first-order chi connectivity index (χ1) is 10.0. The van der Waals surface area contributed by atoms with E-state index in [9.17, 15) is 4.39 Å². The number of aromatic nitrogens is 2. The van der Waals surface area contributed by atoms with Gasteiger partial charge in [-0.2, -0.15) is 0 Å². The average Bonchev–Trinajstić information content (AvgIpc) is 2.77. The number of ether oxygens (including phenoxy) is 1. The summed E-state index contributed by atoms with van der Waals surface area (Å²) in [7, 11) is 0. The van der Waals surface area contributed by atoms with E-state index in [-0.39, 0.29) is 10.4 Å². The number of aryl methyl sites for hydroxylation is 1. The summed E-state index contributed by atoms with van der Waals surface area (Å²) in [5.74, 6) is 0.262. The third-order valence-electron chi connectivity index (χ3n) is 3.19. The Morgan fingerprint density at radius 1 is 1.38 bits per heavy atom. The molecule has 0 spiro atoms. The molecule has 2 aromatic rings. The Hall–Kier alpha value is -0.840. The molecule has 0 aliphatic rings. The van der Waals surface area contributed by atoms with Crippen molar-refractivity contribution in [1.82, 2.24) is 9.55 Å². The molecule has 0 amide bonds. The van der Waals surface area contributed by atoms with Crippen molar-refractivity contribution in [2.45, 2.75) is 38.6 Å². The smallest absolute Gasteiger partial charge is 0.144 e. The zero-order valence-electron chi connectivity index (χ0n) is 12.2. The fourth-order valence-electron chi connectivity index (χ4n) is 2.25. The van der Waals surface area contributed by atoms with Crippen LogP contribution in [0.1, 0.15) is 37.9 Å². The van der Waals surface area contributed by atoms with Gasteiger partial charge in [-0.3, -0.25) is 0 Å². The fourth-order valence-corrected chi connectivity index (χ4v) is 2.57. The van der Waals surface area contributed by atoms with Crippen LogP contribution < -0.4 is 0 Å². The lowest BCUT2D eigenvalue weighted by atomic mass is 10.3. The minimum absolute atomic E-state index is 0.0969. The number of alkyl halides is 1. The minimum Gasteiger partial charge on any atom is -0.381 e. The molecule has 116 valence electrons. The van der Waals surface area contributed by atoms with Crippen molar-refractivity contribution in [3.8, 4) is 0 Å². The van der Waals surface area contributed by atoms with E-state index < -0.39 is 5.82 Å². The number of rotatable bonds is 7. The van der Waals surface area contributed by atoms with Crippen LogP contribution in [-0.4, -0.2) is 22.8 Å². The first-order valence-corrected chi connectivity index (χ1v) is 7.93. The van der Waals surface area contributed by atoms with Crippen LogP contribution in [0.4, 0.5) is 4.39 Å². The van der Waals surface area contributed by atoms with Crippen LogP contribution in [-0.2, 0) is 11.3 Å². The lowest BCUT2D eigenvalue weighted by molar-refractivity contribution is 0.129.